The number of Topliss-reactive ketones (excluding diaryl/α,β-unsaturated/α-hetero) is 1. The zero-order valence-corrected chi connectivity index (χ0v) is 14.5. The maximum atomic E-state index is 11.3. The maximum absolute atomic E-state index is 11.3. The van der Waals surface area contributed by atoms with Crippen LogP contribution in [0.4, 0.5) is 0 Å². The molecule has 1 aromatic carbocycles. The van der Waals surface area contributed by atoms with Gasteiger partial charge in [0.25, 0.3) is 0 Å². The van der Waals surface area contributed by atoms with Gasteiger partial charge in [-0.1, -0.05) is 29.3 Å². The number of halogens is 2. The minimum Gasteiger partial charge on any atom is -0.366 e. The van der Waals surface area contributed by atoms with Crippen LogP contribution in [0.1, 0.15) is 38.2 Å². The summed E-state index contributed by atoms with van der Waals surface area (Å²) < 4.78 is 4.98. The summed E-state index contributed by atoms with van der Waals surface area (Å²) in [6.45, 7) is 2.07. The quantitative estimate of drug-likeness (QED) is 0.506. The van der Waals surface area contributed by atoms with Crippen molar-refractivity contribution >= 4 is 38.5 Å². The maximum Gasteiger partial charge on any atom is 0.129 e. The highest BCUT2D eigenvalue weighted by atomic mass is 35.5. The molecule has 2 unspecified atom stereocenters. The van der Waals surface area contributed by atoms with Crippen molar-refractivity contribution < 1.29 is 9.32 Å². The van der Waals surface area contributed by atoms with Gasteiger partial charge in [-0.2, -0.15) is 5.26 Å². The first-order chi connectivity index (χ1) is 9.95. The Labute approximate surface area is 137 Å². The fourth-order valence-electron chi connectivity index (χ4n) is 2.23. The van der Waals surface area contributed by atoms with Gasteiger partial charge in [-0.25, -0.2) is 0 Å². The van der Waals surface area contributed by atoms with Gasteiger partial charge in [0.05, 0.1) is 28.1 Å². The Morgan fingerprint density at radius 3 is 2.62 bits per heavy atom. The van der Waals surface area contributed by atoms with Gasteiger partial charge < -0.3 is 9.32 Å². The van der Waals surface area contributed by atoms with Crippen LogP contribution in [0.3, 0.4) is 0 Å². The Morgan fingerprint density at radius 1 is 1.38 bits per heavy atom. The Morgan fingerprint density at radius 2 is 2.10 bits per heavy atom. The monoisotopic (exact) mass is 345 g/mol. The second kappa shape index (κ2) is 8.71. The summed E-state index contributed by atoms with van der Waals surface area (Å²) in [6.07, 6.45) is 2.14. The number of hydrogen-bond acceptors (Lipinski definition) is 3. The normalized spacial score (nSPS) is 13.5. The summed E-state index contributed by atoms with van der Waals surface area (Å²) >= 11 is 12.0. The van der Waals surface area contributed by atoms with Crippen LogP contribution in [0, 0.1) is 11.3 Å². The molecule has 1 rings (SSSR count). The van der Waals surface area contributed by atoms with E-state index in [0.717, 1.165) is 12.0 Å². The van der Waals surface area contributed by atoms with Crippen molar-refractivity contribution in [3.8, 4) is 6.07 Å². The lowest BCUT2D eigenvalue weighted by Gasteiger charge is -2.27. The van der Waals surface area contributed by atoms with Crippen molar-refractivity contribution in [2.75, 3.05) is 6.61 Å². The molecule has 0 aliphatic carbocycles. The highest BCUT2D eigenvalue weighted by Crippen LogP contribution is 2.37. The standard InChI is InChI=1S/C15H18Cl2NO2P/c1-11(19)5-7-15(10-18,6-2-8-20-21)12-3-4-13(16)14(17)9-12/h3-4,9H,2,5-8,21H2,1H3. The molecule has 2 atom stereocenters. The first kappa shape index (κ1) is 18.4. The van der Waals surface area contributed by atoms with E-state index in [9.17, 15) is 10.1 Å². The summed E-state index contributed by atoms with van der Waals surface area (Å²) in [5, 5.41) is 10.6. The largest absolute Gasteiger partial charge is 0.366 e. The molecule has 0 aliphatic heterocycles. The third-order valence-corrected chi connectivity index (χ3v) is 4.43. The van der Waals surface area contributed by atoms with Gasteiger partial charge in [-0.05, 0) is 43.9 Å². The summed E-state index contributed by atoms with van der Waals surface area (Å²) in [7, 11) is 2.19. The highest BCUT2D eigenvalue weighted by Gasteiger charge is 2.32. The average molecular weight is 346 g/mol. The van der Waals surface area contributed by atoms with Gasteiger partial charge in [0.2, 0.25) is 0 Å². The molecule has 0 aliphatic rings. The molecular weight excluding hydrogens is 328 g/mol. The van der Waals surface area contributed by atoms with Crippen LogP contribution < -0.4 is 0 Å². The van der Waals surface area contributed by atoms with Gasteiger partial charge in [-0.3, -0.25) is 0 Å². The fraction of sp³-hybridized carbons (Fsp3) is 0.467. The summed E-state index contributed by atoms with van der Waals surface area (Å²) in [6, 6.07) is 7.58. The molecule has 0 radical (unpaired) electrons. The van der Waals surface area contributed by atoms with Crippen LogP contribution in [0.5, 0.6) is 0 Å². The molecule has 0 saturated heterocycles. The molecule has 0 aromatic heterocycles. The van der Waals surface area contributed by atoms with Gasteiger partial charge in [0.1, 0.15) is 5.78 Å². The van der Waals surface area contributed by atoms with Crippen molar-refractivity contribution in [3.63, 3.8) is 0 Å². The van der Waals surface area contributed by atoms with Crippen molar-refractivity contribution in [1.82, 2.24) is 0 Å². The van der Waals surface area contributed by atoms with E-state index in [1.54, 1.807) is 18.2 Å². The minimum atomic E-state index is -0.747. The molecule has 0 saturated carbocycles. The number of carbonyl (C=O) groups is 1. The van der Waals surface area contributed by atoms with Crippen LogP contribution in [-0.2, 0) is 14.7 Å². The first-order valence-corrected chi connectivity index (χ1v) is 7.86. The second-order valence-corrected chi connectivity index (χ2v) is 6.15. The lowest BCUT2D eigenvalue weighted by molar-refractivity contribution is -0.117. The molecule has 0 bridgehead atoms. The number of rotatable bonds is 8. The lowest BCUT2D eigenvalue weighted by atomic mass is 9.74. The van der Waals surface area contributed by atoms with Crippen LogP contribution in [0.25, 0.3) is 0 Å². The second-order valence-electron chi connectivity index (χ2n) is 5.00. The Balaban J connectivity index is 3.10. The fourth-order valence-corrected chi connectivity index (χ4v) is 2.70. The summed E-state index contributed by atoms with van der Waals surface area (Å²) in [5.41, 5.74) is 0.0488. The van der Waals surface area contributed by atoms with Crippen molar-refractivity contribution in [3.05, 3.63) is 33.8 Å². The Hall–Kier alpha value is -0.650. The topological polar surface area (TPSA) is 50.1 Å². The van der Waals surface area contributed by atoms with E-state index < -0.39 is 5.41 Å². The van der Waals surface area contributed by atoms with Gasteiger partial charge in [0.15, 0.2) is 0 Å². The smallest absolute Gasteiger partial charge is 0.129 e. The van der Waals surface area contributed by atoms with E-state index in [1.165, 1.54) is 6.92 Å². The number of benzene rings is 1. The molecular formula is C15H18Cl2NO2P. The van der Waals surface area contributed by atoms with Gasteiger partial charge in [0, 0.05) is 15.9 Å². The molecule has 3 nitrogen and oxygen atoms in total. The van der Waals surface area contributed by atoms with Crippen molar-refractivity contribution in [2.45, 2.75) is 38.0 Å². The zero-order valence-electron chi connectivity index (χ0n) is 11.9. The van der Waals surface area contributed by atoms with E-state index in [1.807, 2.05) is 0 Å². The van der Waals surface area contributed by atoms with Crippen molar-refractivity contribution in [2.24, 2.45) is 0 Å². The SMILES string of the molecule is CC(=O)CCC(C#N)(CCCOP)c1ccc(Cl)c(Cl)c1. The molecule has 0 N–H and O–H groups in total. The van der Waals surface area contributed by atoms with E-state index in [4.69, 9.17) is 27.7 Å². The van der Waals surface area contributed by atoms with Crippen LogP contribution >= 0.6 is 32.7 Å². The summed E-state index contributed by atoms with van der Waals surface area (Å²) in [5.74, 6) is 0.0667. The lowest BCUT2D eigenvalue weighted by Crippen LogP contribution is -2.25. The van der Waals surface area contributed by atoms with Gasteiger partial charge >= 0.3 is 0 Å². The molecule has 114 valence electrons. The number of ketones is 1. The zero-order chi connectivity index (χ0) is 15.9. The third kappa shape index (κ3) is 5.24. The van der Waals surface area contributed by atoms with E-state index >= 15 is 0 Å². The number of hydrogen-bond donors (Lipinski definition) is 0. The first-order valence-electron chi connectivity index (χ1n) is 6.63. The molecule has 0 spiro atoms. The van der Waals surface area contributed by atoms with E-state index in [-0.39, 0.29) is 5.78 Å². The van der Waals surface area contributed by atoms with Gasteiger partial charge in [-0.15, -0.1) is 0 Å². The van der Waals surface area contributed by atoms with Crippen LogP contribution in [-0.4, -0.2) is 12.4 Å². The predicted octanol–water partition coefficient (Wildman–Crippen LogP) is 4.71. The summed E-state index contributed by atoms with van der Waals surface area (Å²) in [4.78, 5) is 11.3. The number of nitrogens with zero attached hydrogens (tertiary/aromatic N) is 1. The molecule has 6 heteroatoms. The minimum absolute atomic E-state index is 0.0667. The number of carbonyl (C=O) groups excluding carboxylic acids is 1. The molecule has 0 amide bonds. The molecule has 0 heterocycles. The third-order valence-electron chi connectivity index (χ3n) is 3.46. The average Bonchev–Trinajstić information content (AvgIpc) is 2.46. The molecule has 1 aromatic rings. The Bertz CT molecular complexity index is 545. The van der Waals surface area contributed by atoms with Crippen molar-refractivity contribution in [1.29, 1.82) is 5.26 Å². The Kier molecular flexibility index (Phi) is 7.63. The van der Waals surface area contributed by atoms with Crippen LogP contribution in [0.15, 0.2) is 18.2 Å². The van der Waals surface area contributed by atoms with E-state index in [2.05, 4.69) is 15.5 Å². The van der Waals surface area contributed by atoms with Crippen LogP contribution in [0.2, 0.25) is 10.0 Å². The molecule has 21 heavy (non-hydrogen) atoms. The predicted molar refractivity (Wildman–Crippen MR) is 88.6 cm³/mol. The van der Waals surface area contributed by atoms with E-state index in [0.29, 0.717) is 35.9 Å². The molecule has 0 fully saturated rings. The number of nitriles is 1. The highest BCUT2D eigenvalue weighted by molar-refractivity contribution is 7.09.